The molecule has 2 aliphatic carbocycles. The highest BCUT2D eigenvalue weighted by atomic mass is 19.4. The van der Waals surface area contributed by atoms with Crippen LogP contribution in [0.2, 0.25) is 0 Å². The molecule has 3 rings (SSSR count). The number of ether oxygens (including phenoxy) is 1. The first kappa shape index (κ1) is 25.4. The summed E-state index contributed by atoms with van der Waals surface area (Å²) in [6.07, 6.45) is 10.4. The normalized spacial score (nSPS) is 27.8. The van der Waals surface area contributed by atoms with Crippen LogP contribution in [0.3, 0.4) is 0 Å². The van der Waals surface area contributed by atoms with E-state index in [1.54, 1.807) is 12.1 Å². The molecule has 5 heteroatoms. The lowest BCUT2D eigenvalue weighted by Crippen LogP contribution is -2.29. The smallest absolute Gasteiger partial charge is 0.452 e. The molecule has 1 aromatic carbocycles. The Balaban J connectivity index is 1.33. The minimum absolute atomic E-state index is 0.0841. The van der Waals surface area contributed by atoms with E-state index in [0.29, 0.717) is 0 Å². The molecule has 1 unspecified atom stereocenters. The van der Waals surface area contributed by atoms with Crippen molar-refractivity contribution in [2.24, 2.45) is 23.7 Å². The van der Waals surface area contributed by atoms with Crippen molar-refractivity contribution < 1.29 is 22.3 Å². The van der Waals surface area contributed by atoms with Crippen molar-refractivity contribution in [3.8, 4) is 5.75 Å². The SMILES string of the molecule is CCCCC[C@H]1CC[C@H]([C@H]2CC[C@H](CCc3ccc(OC(F)C(F)(F)F)cc3)CC2)CC1. The average Bonchev–Trinajstić information content (AvgIpc) is 2.79. The third kappa shape index (κ3) is 7.95. The van der Waals surface area contributed by atoms with Crippen LogP contribution < -0.4 is 4.74 Å². The summed E-state index contributed by atoms with van der Waals surface area (Å²) < 4.78 is 54.1. The van der Waals surface area contributed by atoms with Gasteiger partial charge in [0.05, 0.1) is 0 Å². The minimum atomic E-state index is -4.99. The first-order chi connectivity index (χ1) is 15.3. The van der Waals surface area contributed by atoms with Crippen molar-refractivity contribution in [1.29, 1.82) is 0 Å². The molecule has 182 valence electrons. The standard InChI is InChI=1S/C27H40F4O/c1-2-3-4-5-20-8-14-23(15-9-20)24-16-10-21(11-17-24)6-7-22-12-18-25(19-13-22)32-26(28)27(29,30)31/h12-13,18-21,23-24,26H,2-11,14-17H2,1H3/t20-,21-,23-,24-,26?. The fraction of sp³-hybridized carbons (Fsp3) is 0.778. The van der Waals surface area contributed by atoms with E-state index in [9.17, 15) is 17.6 Å². The summed E-state index contributed by atoms with van der Waals surface area (Å²) in [5, 5.41) is 0. The topological polar surface area (TPSA) is 9.23 Å². The highest BCUT2D eigenvalue weighted by Gasteiger charge is 2.42. The molecule has 0 spiro atoms. The molecule has 0 aliphatic heterocycles. The molecule has 2 saturated carbocycles. The molecule has 1 aromatic rings. The van der Waals surface area contributed by atoms with Gasteiger partial charge < -0.3 is 4.74 Å². The van der Waals surface area contributed by atoms with Crippen LogP contribution in [-0.4, -0.2) is 12.5 Å². The minimum Gasteiger partial charge on any atom is -0.452 e. The summed E-state index contributed by atoms with van der Waals surface area (Å²) in [5.41, 5.74) is 1.07. The molecule has 0 N–H and O–H groups in total. The summed E-state index contributed by atoms with van der Waals surface area (Å²) in [7, 11) is 0. The summed E-state index contributed by atoms with van der Waals surface area (Å²) in [6.45, 7) is 2.28. The molecule has 2 aliphatic rings. The van der Waals surface area contributed by atoms with Crippen LogP contribution in [0.15, 0.2) is 24.3 Å². The summed E-state index contributed by atoms with van der Waals surface area (Å²) in [4.78, 5) is 0. The number of benzene rings is 1. The Labute approximate surface area is 191 Å². The maximum absolute atomic E-state index is 13.0. The van der Waals surface area contributed by atoms with Gasteiger partial charge in [-0.25, -0.2) is 0 Å². The van der Waals surface area contributed by atoms with E-state index < -0.39 is 12.5 Å². The second-order valence-corrected chi connectivity index (χ2v) is 10.2. The molecule has 0 radical (unpaired) electrons. The Bertz CT molecular complexity index is 641. The third-order valence-corrected chi connectivity index (χ3v) is 7.93. The van der Waals surface area contributed by atoms with Gasteiger partial charge >= 0.3 is 12.5 Å². The van der Waals surface area contributed by atoms with Gasteiger partial charge in [0, 0.05) is 0 Å². The van der Waals surface area contributed by atoms with Gasteiger partial charge in [-0.2, -0.15) is 17.6 Å². The number of rotatable bonds is 10. The molecule has 0 heterocycles. The highest BCUT2D eigenvalue weighted by Crippen LogP contribution is 2.43. The molecule has 32 heavy (non-hydrogen) atoms. The van der Waals surface area contributed by atoms with E-state index in [1.165, 1.54) is 89.2 Å². The zero-order chi connectivity index (χ0) is 23.0. The van der Waals surface area contributed by atoms with E-state index in [1.807, 2.05) is 0 Å². The van der Waals surface area contributed by atoms with Gasteiger partial charge in [0.1, 0.15) is 5.75 Å². The Hall–Kier alpha value is -1.26. The average molecular weight is 457 g/mol. The van der Waals surface area contributed by atoms with Crippen LogP contribution in [0.1, 0.15) is 96.0 Å². The third-order valence-electron chi connectivity index (χ3n) is 7.93. The predicted octanol–water partition coefficient (Wildman–Crippen LogP) is 9.05. The van der Waals surface area contributed by atoms with E-state index in [0.717, 1.165) is 42.1 Å². The maximum atomic E-state index is 13.0. The molecular weight excluding hydrogens is 416 g/mol. The van der Waals surface area contributed by atoms with Crippen molar-refractivity contribution >= 4 is 0 Å². The van der Waals surface area contributed by atoms with Gasteiger partial charge in [-0.1, -0.05) is 70.4 Å². The monoisotopic (exact) mass is 456 g/mol. The zero-order valence-electron chi connectivity index (χ0n) is 19.5. The van der Waals surface area contributed by atoms with E-state index >= 15 is 0 Å². The Morgan fingerprint density at radius 2 is 1.34 bits per heavy atom. The molecule has 0 bridgehead atoms. The first-order valence-electron chi connectivity index (χ1n) is 12.8. The Morgan fingerprint density at radius 1 is 0.812 bits per heavy atom. The van der Waals surface area contributed by atoms with Gasteiger partial charge in [-0.15, -0.1) is 0 Å². The zero-order valence-corrected chi connectivity index (χ0v) is 19.5. The molecule has 2 fully saturated rings. The van der Waals surface area contributed by atoms with Crippen LogP contribution in [0.25, 0.3) is 0 Å². The fourth-order valence-electron chi connectivity index (χ4n) is 5.87. The second-order valence-electron chi connectivity index (χ2n) is 10.2. The van der Waals surface area contributed by atoms with Crippen molar-refractivity contribution in [2.75, 3.05) is 0 Å². The number of hydrogen-bond acceptors (Lipinski definition) is 1. The van der Waals surface area contributed by atoms with Crippen molar-refractivity contribution in [3.63, 3.8) is 0 Å². The van der Waals surface area contributed by atoms with Gasteiger partial charge in [0.2, 0.25) is 0 Å². The van der Waals surface area contributed by atoms with E-state index in [4.69, 9.17) is 0 Å². The molecule has 0 aromatic heterocycles. The Morgan fingerprint density at radius 3 is 1.84 bits per heavy atom. The fourth-order valence-corrected chi connectivity index (χ4v) is 5.87. The molecule has 0 saturated heterocycles. The van der Waals surface area contributed by atoms with Crippen LogP contribution >= 0.6 is 0 Å². The van der Waals surface area contributed by atoms with Gasteiger partial charge in [0.25, 0.3) is 0 Å². The first-order valence-corrected chi connectivity index (χ1v) is 12.8. The lowest BCUT2D eigenvalue weighted by molar-refractivity contribution is -0.236. The van der Waals surface area contributed by atoms with E-state index in [-0.39, 0.29) is 5.75 Å². The predicted molar refractivity (Wildman–Crippen MR) is 121 cm³/mol. The second kappa shape index (κ2) is 12.3. The van der Waals surface area contributed by atoms with Gasteiger partial charge in [-0.05, 0) is 79.9 Å². The lowest BCUT2D eigenvalue weighted by Gasteiger charge is -2.38. The summed E-state index contributed by atoms with van der Waals surface area (Å²) >= 11 is 0. The highest BCUT2D eigenvalue weighted by molar-refractivity contribution is 5.27. The lowest BCUT2D eigenvalue weighted by atomic mass is 9.68. The van der Waals surface area contributed by atoms with Crippen LogP contribution in [-0.2, 0) is 6.42 Å². The number of aryl methyl sites for hydroxylation is 1. The van der Waals surface area contributed by atoms with Crippen LogP contribution in [0.4, 0.5) is 17.6 Å². The Kier molecular flexibility index (Phi) is 9.73. The number of unbranched alkanes of at least 4 members (excludes halogenated alkanes) is 2. The summed E-state index contributed by atoms with van der Waals surface area (Å²) in [5.74, 6) is 3.51. The molecular formula is C27H40F4O. The van der Waals surface area contributed by atoms with Crippen molar-refractivity contribution in [3.05, 3.63) is 29.8 Å². The molecule has 0 amide bonds. The van der Waals surface area contributed by atoms with Gasteiger partial charge in [-0.3, -0.25) is 0 Å². The van der Waals surface area contributed by atoms with Gasteiger partial charge in [0.15, 0.2) is 0 Å². The largest absolute Gasteiger partial charge is 0.457 e. The number of alkyl halides is 4. The number of hydrogen-bond donors (Lipinski definition) is 0. The maximum Gasteiger partial charge on any atom is 0.457 e. The van der Waals surface area contributed by atoms with E-state index in [2.05, 4.69) is 11.7 Å². The van der Waals surface area contributed by atoms with Crippen molar-refractivity contribution in [1.82, 2.24) is 0 Å². The molecule has 1 nitrogen and oxygen atoms in total. The quantitative estimate of drug-likeness (QED) is 0.252. The number of halogens is 4. The van der Waals surface area contributed by atoms with Crippen molar-refractivity contribution in [2.45, 2.75) is 109 Å². The summed E-state index contributed by atoms with van der Waals surface area (Å²) in [6, 6.07) is 6.37. The van der Waals surface area contributed by atoms with Crippen LogP contribution in [0, 0.1) is 23.7 Å². The van der Waals surface area contributed by atoms with Crippen LogP contribution in [0.5, 0.6) is 5.75 Å². The molecule has 1 atom stereocenters.